The smallest absolute Gasteiger partial charge is 0.0290 e. The van der Waals surface area contributed by atoms with Crippen molar-refractivity contribution >= 4 is 5.57 Å². The molecule has 0 N–H and O–H groups in total. The third-order valence-corrected chi connectivity index (χ3v) is 5.13. The van der Waals surface area contributed by atoms with Crippen LogP contribution in [0.2, 0.25) is 0 Å². The van der Waals surface area contributed by atoms with E-state index >= 15 is 0 Å². The van der Waals surface area contributed by atoms with Gasteiger partial charge in [-0.05, 0) is 36.0 Å². The summed E-state index contributed by atoms with van der Waals surface area (Å²) in [4.78, 5) is 2.73. The van der Waals surface area contributed by atoms with Crippen molar-refractivity contribution in [2.75, 3.05) is 0 Å². The first-order chi connectivity index (χ1) is 10.9. The number of hydrogen-bond donors (Lipinski definition) is 0. The van der Waals surface area contributed by atoms with E-state index in [0.717, 1.165) is 6.54 Å². The van der Waals surface area contributed by atoms with Crippen LogP contribution in [0.25, 0.3) is 5.57 Å². The molecule has 1 saturated heterocycles. The summed E-state index contributed by atoms with van der Waals surface area (Å²) in [5, 5.41) is 0. The summed E-state index contributed by atoms with van der Waals surface area (Å²) in [6, 6.07) is 23.2. The van der Waals surface area contributed by atoms with Crippen LogP contribution in [0.1, 0.15) is 36.8 Å². The number of fused-ring (bicyclic) bond motifs is 2. The number of piperidine rings is 1. The Hall–Kier alpha value is -1.86. The second-order valence-corrected chi connectivity index (χ2v) is 6.57. The van der Waals surface area contributed by atoms with Crippen LogP contribution < -0.4 is 0 Å². The molecule has 0 radical (unpaired) electrons. The molecule has 0 spiro atoms. The van der Waals surface area contributed by atoms with Gasteiger partial charge in [-0.2, -0.15) is 0 Å². The molecule has 2 aliphatic rings. The minimum atomic E-state index is 0.614. The lowest BCUT2D eigenvalue weighted by atomic mass is 9.82. The molecule has 2 bridgehead atoms. The molecule has 2 atom stereocenters. The fraction of sp³-hybridized carbons (Fsp3) is 0.333. The molecular formula is C21H23N. The molecule has 0 amide bonds. The highest BCUT2D eigenvalue weighted by Crippen LogP contribution is 2.37. The van der Waals surface area contributed by atoms with Crippen LogP contribution in [0.3, 0.4) is 0 Å². The van der Waals surface area contributed by atoms with Gasteiger partial charge in [0.25, 0.3) is 0 Å². The average Bonchev–Trinajstić information content (AvgIpc) is 2.56. The Kier molecular flexibility index (Phi) is 3.82. The lowest BCUT2D eigenvalue weighted by molar-refractivity contribution is 0.0951. The summed E-state index contributed by atoms with van der Waals surface area (Å²) in [5.41, 5.74) is 4.41. The first kappa shape index (κ1) is 13.8. The van der Waals surface area contributed by atoms with E-state index in [2.05, 4.69) is 71.6 Å². The standard InChI is InChI=1S/C21H23N/c1-3-8-17(9-4-1)16-22-20-12-7-13-21(22)15-19(14-20)18-10-5-2-6-11-18/h1-6,8-11,14,20-21H,7,12-13,15-16H2. The van der Waals surface area contributed by atoms with Gasteiger partial charge >= 0.3 is 0 Å². The minimum Gasteiger partial charge on any atom is -0.289 e. The number of hydrogen-bond acceptors (Lipinski definition) is 1. The molecule has 2 aromatic carbocycles. The van der Waals surface area contributed by atoms with Crippen molar-refractivity contribution in [2.24, 2.45) is 0 Å². The SMILES string of the molecule is C1=C(c2ccccc2)CC2CCCC1N2Cc1ccccc1. The highest BCUT2D eigenvalue weighted by molar-refractivity contribution is 5.67. The molecule has 1 heteroatoms. The van der Waals surface area contributed by atoms with Gasteiger partial charge in [0.1, 0.15) is 0 Å². The lowest BCUT2D eigenvalue weighted by Gasteiger charge is -2.45. The molecule has 4 rings (SSSR count). The van der Waals surface area contributed by atoms with Gasteiger partial charge in [0.15, 0.2) is 0 Å². The fourth-order valence-electron chi connectivity index (χ4n) is 4.02. The van der Waals surface area contributed by atoms with Crippen LogP contribution >= 0.6 is 0 Å². The summed E-state index contributed by atoms with van der Waals surface area (Å²) >= 11 is 0. The molecule has 112 valence electrons. The van der Waals surface area contributed by atoms with Crippen LogP contribution in [-0.2, 0) is 6.54 Å². The average molecular weight is 289 g/mol. The molecule has 0 aromatic heterocycles. The summed E-state index contributed by atoms with van der Waals surface area (Å²) in [7, 11) is 0. The largest absolute Gasteiger partial charge is 0.289 e. The predicted octanol–water partition coefficient (Wildman–Crippen LogP) is 4.90. The summed E-state index contributed by atoms with van der Waals surface area (Å²) in [6.07, 6.45) is 7.76. The molecule has 0 saturated carbocycles. The van der Waals surface area contributed by atoms with Gasteiger partial charge in [-0.25, -0.2) is 0 Å². The van der Waals surface area contributed by atoms with Crippen LogP contribution in [0.4, 0.5) is 0 Å². The maximum absolute atomic E-state index is 2.73. The van der Waals surface area contributed by atoms with Crippen molar-refractivity contribution in [1.82, 2.24) is 4.90 Å². The number of benzene rings is 2. The zero-order valence-electron chi connectivity index (χ0n) is 13.0. The number of nitrogens with zero attached hydrogens (tertiary/aromatic N) is 1. The van der Waals surface area contributed by atoms with Gasteiger partial charge in [-0.15, -0.1) is 0 Å². The zero-order valence-corrected chi connectivity index (χ0v) is 13.0. The third-order valence-electron chi connectivity index (χ3n) is 5.13. The van der Waals surface area contributed by atoms with Gasteiger partial charge in [0.05, 0.1) is 0 Å². The Morgan fingerprint density at radius 1 is 0.864 bits per heavy atom. The monoisotopic (exact) mass is 289 g/mol. The zero-order chi connectivity index (χ0) is 14.8. The van der Waals surface area contributed by atoms with E-state index in [-0.39, 0.29) is 0 Å². The molecule has 22 heavy (non-hydrogen) atoms. The molecule has 0 aliphatic carbocycles. The molecule has 2 aromatic rings. The van der Waals surface area contributed by atoms with Gasteiger partial charge in [-0.1, -0.05) is 73.2 Å². The van der Waals surface area contributed by atoms with Crippen molar-refractivity contribution in [1.29, 1.82) is 0 Å². The summed E-state index contributed by atoms with van der Waals surface area (Å²) in [6.45, 7) is 1.09. The van der Waals surface area contributed by atoms with Crippen LogP contribution in [0.5, 0.6) is 0 Å². The maximum atomic E-state index is 2.73. The predicted molar refractivity (Wildman–Crippen MR) is 92.4 cm³/mol. The van der Waals surface area contributed by atoms with E-state index in [4.69, 9.17) is 0 Å². The highest BCUT2D eigenvalue weighted by atomic mass is 15.2. The van der Waals surface area contributed by atoms with E-state index in [0.29, 0.717) is 12.1 Å². The Balaban J connectivity index is 1.60. The van der Waals surface area contributed by atoms with Crippen LogP contribution in [0, 0.1) is 0 Å². The number of rotatable bonds is 3. The molecule has 1 fully saturated rings. The topological polar surface area (TPSA) is 3.24 Å². The van der Waals surface area contributed by atoms with Crippen LogP contribution in [-0.4, -0.2) is 17.0 Å². The Bertz CT molecular complexity index is 644. The van der Waals surface area contributed by atoms with E-state index < -0.39 is 0 Å². The second-order valence-electron chi connectivity index (χ2n) is 6.57. The third kappa shape index (κ3) is 2.74. The van der Waals surface area contributed by atoms with Crippen molar-refractivity contribution in [2.45, 2.75) is 44.3 Å². The van der Waals surface area contributed by atoms with E-state index in [1.807, 2.05) is 0 Å². The first-order valence-corrected chi connectivity index (χ1v) is 8.46. The summed E-state index contributed by atoms with van der Waals surface area (Å²) < 4.78 is 0. The Morgan fingerprint density at radius 2 is 1.59 bits per heavy atom. The van der Waals surface area contributed by atoms with Gasteiger partial charge in [0.2, 0.25) is 0 Å². The van der Waals surface area contributed by atoms with Crippen LogP contribution in [0.15, 0.2) is 66.7 Å². The lowest BCUT2D eigenvalue weighted by Crippen LogP contribution is -2.47. The Labute approximate surface area is 133 Å². The molecule has 2 aliphatic heterocycles. The van der Waals surface area contributed by atoms with Gasteiger partial charge in [0, 0.05) is 18.6 Å². The first-order valence-electron chi connectivity index (χ1n) is 8.46. The van der Waals surface area contributed by atoms with E-state index in [9.17, 15) is 0 Å². The molecule has 2 heterocycles. The van der Waals surface area contributed by atoms with Crippen molar-refractivity contribution < 1.29 is 0 Å². The maximum Gasteiger partial charge on any atom is 0.0290 e. The molecular weight excluding hydrogens is 266 g/mol. The molecule has 1 nitrogen and oxygen atoms in total. The Morgan fingerprint density at radius 3 is 2.32 bits per heavy atom. The normalized spacial score (nSPS) is 24.8. The fourth-order valence-corrected chi connectivity index (χ4v) is 4.02. The van der Waals surface area contributed by atoms with Crippen molar-refractivity contribution in [3.05, 3.63) is 77.9 Å². The summed E-state index contributed by atoms with van der Waals surface area (Å²) in [5.74, 6) is 0. The van der Waals surface area contributed by atoms with Gasteiger partial charge in [-0.3, -0.25) is 4.90 Å². The molecule has 2 unspecified atom stereocenters. The van der Waals surface area contributed by atoms with E-state index in [1.165, 1.54) is 36.8 Å². The highest BCUT2D eigenvalue weighted by Gasteiger charge is 2.33. The second kappa shape index (κ2) is 6.10. The quantitative estimate of drug-likeness (QED) is 0.777. The van der Waals surface area contributed by atoms with Crippen molar-refractivity contribution in [3.8, 4) is 0 Å². The van der Waals surface area contributed by atoms with Gasteiger partial charge < -0.3 is 0 Å². The van der Waals surface area contributed by atoms with Crippen molar-refractivity contribution in [3.63, 3.8) is 0 Å². The van der Waals surface area contributed by atoms with E-state index in [1.54, 1.807) is 5.57 Å². The minimum absolute atomic E-state index is 0.614.